The van der Waals surface area contributed by atoms with E-state index in [1.165, 1.54) is 18.7 Å². The van der Waals surface area contributed by atoms with E-state index in [1.54, 1.807) is 6.08 Å². The Kier molecular flexibility index (Phi) is 5.12. The first-order valence-electron chi connectivity index (χ1n) is 3.18. The van der Waals surface area contributed by atoms with Gasteiger partial charge in [0.1, 0.15) is 0 Å². The molecule has 2 nitrogen and oxygen atoms in total. The third-order valence-corrected chi connectivity index (χ3v) is 1.66. The Morgan fingerprint density at radius 2 is 2.30 bits per heavy atom. The molecule has 0 amide bonds. The SMILES string of the molecule is C/C=C(\OC(C)=O)SCC. The molecule has 3 heteroatoms. The fraction of sp³-hybridized carbons (Fsp3) is 0.571. The number of ether oxygens (including phenoxy) is 1. The molecule has 0 saturated carbocycles. The van der Waals surface area contributed by atoms with Crippen LogP contribution in [0.5, 0.6) is 0 Å². The van der Waals surface area contributed by atoms with E-state index >= 15 is 0 Å². The predicted molar refractivity (Wildman–Crippen MR) is 43.7 cm³/mol. The van der Waals surface area contributed by atoms with Crippen LogP contribution in [0.15, 0.2) is 11.2 Å². The Labute approximate surface area is 65.6 Å². The quantitative estimate of drug-likeness (QED) is 0.467. The maximum Gasteiger partial charge on any atom is 0.308 e. The molecule has 0 unspecified atom stereocenters. The fourth-order valence-electron chi connectivity index (χ4n) is 0.456. The van der Waals surface area contributed by atoms with Crippen LogP contribution < -0.4 is 0 Å². The van der Waals surface area contributed by atoms with Gasteiger partial charge in [0, 0.05) is 6.92 Å². The number of carbonyl (C=O) groups excluding carboxylic acids is 1. The molecule has 58 valence electrons. The first kappa shape index (κ1) is 9.56. The van der Waals surface area contributed by atoms with Crippen LogP contribution in [0.2, 0.25) is 0 Å². The summed E-state index contributed by atoms with van der Waals surface area (Å²) in [6.45, 7) is 5.26. The van der Waals surface area contributed by atoms with E-state index in [4.69, 9.17) is 4.74 Å². The third-order valence-electron chi connectivity index (χ3n) is 0.767. The number of rotatable bonds is 3. The van der Waals surface area contributed by atoms with Gasteiger partial charge in [0.05, 0.1) is 0 Å². The van der Waals surface area contributed by atoms with Crippen molar-refractivity contribution in [2.45, 2.75) is 20.8 Å². The van der Waals surface area contributed by atoms with Crippen LogP contribution in [-0.2, 0) is 9.53 Å². The second-order valence-electron chi connectivity index (χ2n) is 1.63. The minimum atomic E-state index is -0.256. The minimum absolute atomic E-state index is 0.256. The van der Waals surface area contributed by atoms with Gasteiger partial charge in [-0.3, -0.25) is 4.79 Å². The maximum atomic E-state index is 10.4. The molecule has 0 saturated heterocycles. The highest BCUT2D eigenvalue weighted by Gasteiger charge is 1.98. The van der Waals surface area contributed by atoms with Crippen molar-refractivity contribution in [3.05, 3.63) is 11.2 Å². The summed E-state index contributed by atoms with van der Waals surface area (Å²) in [5.41, 5.74) is 0. The molecule has 0 atom stereocenters. The van der Waals surface area contributed by atoms with Crippen molar-refractivity contribution >= 4 is 17.7 Å². The van der Waals surface area contributed by atoms with Gasteiger partial charge in [-0.15, -0.1) is 0 Å². The summed E-state index contributed by atoms with van der Waals surface area (Å²) in [6.07, 6.45) is 1.79. The molecular formula is C7H12O2S. The highest BCUT2D eigenvalue weighted by Crippen LogP contribution is 2.15. The highest BCUT2D eigenvalue weighted by molar-refractivity contribution is 8.02. The molecule has 0 heterocycles. The summed E-state index contributed by atoms with van der Waals surface area (Å²) in [5, 5.41) is 0.690. The fourth-order valence-corrected chi connectivity index (χ4v) is 1.08. The van der Waals surface area contributed by atoms with Crippen LogP contribution in [0.25, 0.3) is 0 Å². The van der Waals surface area contributed by atoms with Crippen LogP contribution in [0.1, 0.15) is 20.8 Å². The Morgan fingerprint density at radius 1 is 1.70 bits per heavy atom. The van der Waals surface area contributed by atoms with E-state index in [-0.39, 0.29) is 5.97 Å². The third kappa shape index (κ3) is 4.44. The van der Waals surface area contributed by atoms with Crippen molar-refractivity contribution < 1.29 is 9.53 Å². The van der Waals surface area contributed by atoms with Gasteiger partial charge in [-0.05, 0) is 18.8 Å². The van der Waals surface area contributed by atoms with Crippen molar-refractivity contribution in [1.82, 2.24) is 0 Å². The van der Waals surface area contributed by atoms with Crippen molar-refractivity contribution in [3.63, 3.8) is 0 Å². The van der Waals surface area contributed by atoms with Crippen molar-refractivity contribution in [1.29, 1.82) is 0 Å². The Hall–Kier alpha value is -0.440. The molecule has 0 bridgehead atoms. The van der Waals surface area contributed by atoms with Crippen LogP contribution >= 0.6 is 11.8 Å². The smallest absolute Gasteiger partial charge is 0.308 e. The van der Waals surface area contributed by atoms with Gasteiger partial charge in [0.15, 0.2) is 5.09 Å². The second kappa shape index (κ2) is 5.35. The lowest BCUT2D eigenvalue weighted by Gasteiger charge is -2.02. The van der Waals surface area contributed by atoms with Gasteiger partial charge < -0.3 is 4.74 Å². The summed E-state index contributed by atoms with van der Waals surface area (Å²) in [5.74, 6) is 0.668. The largest absolute Gasteiger partial charge is 0.420 e. The molecule has 10 heavy (non-hydrogen) atoms. The number of carbonyl (C=O) groups is 1. The van der Waals surface area contributed by atoms with E-state index in [0.29, 0.717) is 5.09 Å². The lowest BCUT2D eigenvalue weighted by atomic mass is 10.7. The average molecular weight is 160 g/mol. The molecule has 0 aliphatic heterocycles. The molecular weight excluding hydrogens is 148 g/mol. The van der Waals surface area contributed by atoms with Crippen molar-refractivity contribution in [2.75, 3.05) is 5.75 Å². The van der Waals surface area contributed by atoms with Crippen molar-refractivity contribution in [3.8, 4) is 0 Å². The lowest BCUT2D eigenvalue weighted by molar-refractivity contribution is -0.135. The first-order valence-corrected chi connectivity index (χ1v) is 4.16. The zero-order valence-electron chi connectivity index (χ0n) is 6.51. The Bertz CT molecular complexity index is 141. The van der Waals surface area contributed by atoms with Gasteiger partial charge in [-0.1, -0.05) is 18.7 Å². The lowest BCUT2D eigenvalue weighted by Crippen LogP contribution is -1.95. The first-order chi connectivity index (χ1) is 4.70. The maximum absolute atomic E-state index is 10.4. The topological polar surface area (TPSA) is 26.3 Å². The van der Waals surface area contributed by atoms with E-state index in [0.717, 1.165) is 5.75 Å². The van der Waals surface area contributed by atoms with E-state index in [1.807, 2.05) is 13.8 Å². The summed E-state index contributed by atoms with van der Waals surface area (Å²) < 4.78 is 4.83. The number of esters is 1. The molecule has 0 radical (unpaired) electrons. The summed E-state index contributed by atoms with van der Waals surface area (Å²) in [7, 11) is 0. The standard InChI is InChI=1S/C7H12O2S/c1-4-7(10-5-2)9-6(3)8/h4H,5H2,1-3H3/b7-4+. The van der Waals surface area contributed by atoms with Crippen molar-refractivity contribution in [2.24, 2.45) is 0 Å². The van der Waals surface area contributed by atoms with Crippen LogP contribution in [0.3, 0.4) is 0 Å². The summed E-state index contributed by atoms with van der Waals surface area (Å²) in [6, 6.07) is 0. The van der Waals surface area contributed by atoms with E-state index < -0.39 is 0 Å². The molecule has 0 N–H and O–H groups in total. The summed E-state index contributed by atoms with van der Waals surface area (Å²) in [4.78, 5) is 10.4. The number of allylic oxidation sites excluding steroid dienone is 1. The molecule has 0 rings (SSSR count). The Balaban J connectivity index is 3.73. The van der Waals surface area contributed by atoms with Gasteiger partial charge in [0.2, 0.25) is 0 Å². The van der Waals surface area contributed by atoms with E-state index in [9.17, 15) is 4.79 Å². The summed E-state index contributed by atoms with van der Waals surface area (Å²) >= 11 is 1.52. The zero-order valence-corrected chi connectivity index (χ0v) is 7.33. The molecule has 0 fully saturated rings. The molecule has 0 aliphatic carbocycles. The Morgan fingerprint density at radius 3 is 2.60 bits per heavy atom. The van der Waals surface area contributed by atoms with Gasteiger partial charge in [0.25, 0.3) is 0 Å². The van der Waals surface area contributed by atoms with E-state index in [2.05, 4.69) is 0 Å². The van der Waals surface area contributed by atoms with Crippen LogP contribution in [-0.4, -0.2) is 11.7 Å². The molecule has 0 aromatic carbocycles. The zero-order chi connectivity index (χ0) is 7.98. The molecule has 0 aromatic heterocycles. The second-order valence-corrected chi connectivity index (χ2v) is 2.90. The van der Waals surface area contributed by atoms with Gasteiger partial charge >= 0.3 is 5.97 Å². The molecule has 0 aromatic rings. The monoisotopic (exact) mass is 160 g/mol. The van der Waals surface area contributed by atoms with Crippen LogP contribution in [0.4, 0.5) is 0 Å². The minimum Gasteiger partial charge on any atom is -0.420 e. The number of hydrogen-bond donors (Lipinski definition) is 0. The van der Waals surface area contributed by atoms with Gasteiger partial charge in [-0.2, -0.15) is 0 Å². The normalized spacial score (nSPS) is 11.3. The molecule has 0 aliphatic rings. The number of thioether (sulfide) groups is 1. The predicted octanol–water partition coefficient (Wildman–Crippen LogP) is 2.16. The van der Waals surface area contributed by atoms with Crippen LogP contribution in [0, 0.1) is 0 Å². The molecule has 0 spiro atoms. The highest BCUT2D eigenvalue weighted by atomic mass is 32.2. The van der Waals surface area contributed by atoms with Gasteiger partial charge in [-0.25, -0.2) is 0 Å². The average Bonchev–Trinajstić information content (AvgIpc) is 1.86. The number of hydrogen-bond acceptors (Lipinski definition) is 3.